The van der Waals surface area contributed by atoms with Gasteiger partial charge in [0.15, 0.2) is 0 Å². The standard InChI is InChI=1S/C17H20N2O6/c1-16-11(12(16)14(21)22)10(7-17(16,18)15(23)24)13(20)19-8-3-5-9(25-2)6-4-8/h3-6,10-12H,7,18H2,1-2H3,(H,19,20)(H,21,22)(H,23,24)/t10-,11-,12-,16-,17-/m0/s1. The molecule has 1 amide bonds. The Labute approximate surface area is 144 Å². The fourth-order valence-corrected chi connectivity index (χ4v) is 4.36. The van der Waals surface area contributed by atoms with E-state index in [2.05, 4.69) is 5.32 Å². The summed E-state index contributed by atoms with van der Waals surface area (Å²) in [6.45, 7) is 1.55. The van der Waals surface area contributed by atoms with Crippen LogP contribution in [0.3, 0.4) is 0 Å². The normalized spacial score (nSPS) is 35.6. The van der Waals surface area contributed by atoms with E-state index in [4.69, 9.17) is 10.5 Å². The molecular formula is C17H20N2O6. The van der Waals surface area contributed by atoms with Gasteiger partial charge in [-0.15, -0.1) is 0 Å². The Hall–Kier alpha value is -2.61. The third kappa shape index (κ3) is 2.28. The summed E-state index contributed by atoms with van der Waals surface area (Å²) in [4.78, 5) is 35.8. The number of anilines is 1. The summed E-state index contributed by atoms with van der Waals surface area (Å²) in [6, 6.07) is 6.66. The number of carboxylic acid groups (broad SMARTS) is 2. The monoisotopic (exact) mass is 348 g/mol. The van der Waals surface area contributed by atoms with Crippen molar-refractivity contribution in [3.05, 3.63) is 24.3 Å². The van der Waals surface area contributed by atoms with Gasteiger partial charge in [0.2, 0.25) is 5.91 Å². The number of nitrogens with one attached hydrogen (secondary N) is 1. The molecule has 0 bridgehead atoms. The highest BCUT2D eigenvalue weighted by atomic mass is 16.5. The predicted octanol–water partition coefficient (Wildman–Crippen LogP) is 0.773. The fourth-order valence-electron chi connectivity index (χ4n) is 4.36. The predicted molar refractivity (Wildman–Crippen MR) is 87.0 cm³/mol. The summed E-state index contributed by atoms with van der Waals surface area (Å²) in [6.07, 6.45) is -0.0880. The fraction of sp³-hybridized carbons (Fsp3) is 0.471. The average molecular weight is 348 g/mol. The molecule has 0 aliphatic heterocycles. The van der Waals surface area contributed by atoms with E-state index in [1.807, 2.05) is 0 Å². The van der Waals surface area contributed by atoms with Crippen LogP contribution < -0.4 is 15.8 Å². The van der Waals surface area contributed by atoms with Crippen molar-refractivity contribution in [2.45, 2.75) is 18.9 Å². The topological polar surface area (TPSA) is 139 Å². The van der Waals surface area contributed by atoms with Gasteiger partial charge in [0, 0.05) is 17.0 Å². The van der Waals surface area contributed by atoms with E-state index in [0.717, 1.165) is 0 Å². The number of methoxy groups -OCH3 is 1. The van der Waals surface area contributed by atoms with Gasteiger partial charge in [-0.2, -0.15) is 0 Å². The summed E-state index contributed by atoms with van der Waals surface area (Å²) in [7, 11) is 1.53. The minimum Gasteiger partial charge on any atom is -0.497 e. The number of carbonyl (C=O) groups is 3. The van der Waals surface area contributed by atoms with Gasteiger partial charge in [-0.1, -0.05) is 6.92 Å². The molecule has 0 heterocycles. The van der Waals surface area contributed by atoms with Gasteiger partial charge in [-0.3, -0.25) is 14.4 Å². The highest BCUT2D eigenvalue weighted by Gasteiger charge is 2.83. The maximum absolute atomic E-state index is 12.6. The molecule has 2 fully saturated rings. The molecule has 0 aromatic heterocycles. The van der Waals surface area contributed by atoms with Crippen molar-refractivity contribution < 1.29 is 29.3 Å². The molecule has 0 saturated heterocycles. The first-order valence-corrected chi connectivity index (χ1v) is 7.87. The molecule has 1 aromatic carbocycles. The minimum atomic E-state index is -1.73. The number of carbonyl (C=O) groups excluding carboxylic acids is 1. The average Bonchev–Trinajstić information content (AvgIpc) is 3.12. The van der Waals surface area contributed by atoms with Crippen LogP contribution in [0.5, 0.6) is 5.75 Å². The Morgan fingerprint density at radius 3 is 2.32 bits per heavy atom. The van der Waals surface area contributed by atoms with Gasteiger partial charge < -0.3 is 26.0 Å². The van der Waals surface area contributed by atoms with Gasteiger partial charge >= 0.3 is 11.9 Å². The van der Waals surface area contributed by atoms with Crippen LogP contribution in [0.2, 0.25) is 0 Å². The van der Waals surface area contributed by atoms with E-state index < -0.39 is 46.6 Å². The zero-order valence-electron chi connectivity index (χ0n) is 13.9. The second-order valence-electron chi connectivity index (χ2n) is 6.93. The number of fused-ring (bicyclic) bond motifs is 1. The number of hydrogen-bond donors (Lipinski definition) is 4. The summed E-state index contributed by atoms with van der Waals surface area (Å²) >= 11 is 0. The zero-order chi connectivity index (χ0) is 18.6. The molecule has 5 N–H and O–H groups in total. The first kappa shape index (κ1) is 17.2. The molecule has 134 valence electrons. The van der Waals surface area contributed by atoms with Crippen molar-refractivity contribution in [1.29, 1.82) is 0 Å². The zero-order valence-corrected chi connectivity index (χ0v) is 13.9. The van der Waals surface area contributed by atoms with Gasteiger partial charge in [0.25, 0.3) is 0 Å². The van der Waals surface area contributed by atoms with Crippen LogP contribution in [-0.2, 0) is 14.4 Å². The Kier molecular flexibility index (Phi) is 3.75. The summed E-state index contributed by atoms with van der Waals surface area (Å²) in [5.41, 5.74) is 3.70. The van der Waals surface area contributed by atoms with Crippen LogP contribution in [-0.4, -0.2) is 40.7 Å². The highest BCUT2D eigenvalue weighted by molar-refractivity contribution is 5.97. The Morgan fingerprint density at radius 2 is 1.84 bits per heavy atom. The van der Waals surface area contributed by atoms with E-state index in [0.29, 0.717) is 11.4 Å². The number of ether oxygens (including phenoxy) is 1. The van der Waals surface area contributed by atoms with E-state index >= 15 is 0 Å². The maximum atomic E-state index is 12.6. The van der Waals surface area contributed by atoms with Gasteiger partial charge in [0.05, 0.1) is 13.0 Å². The van der Waals surface area contributed by atoms with Crippen LogP contribution in [0.4, 0.5) is 5.69 Å². The minimum absolute atomic E-state index is 0.0880. The molecule has 0 unspecified atom stereocenters. The van der Waals surface area contributed by atoms with Crippen molar-refractivity contribution in [2.24, 2.45) is 28.9 Å². The lowest BCUT2D eigenvalue weighted by Crippen LogP contribution is -2.55. The van der Waals surface area contributed by atoms with Gasteiger partial charge in [-0.05, 0) is 36.6 Å². The van der Waals surface area contributed by atoms with Gasteiger partial charge in [0.1, 0.15) is 11.3 Å². The molecule has 2 aliphatic rings. The second kappa shape index (κ2) is 5.45. The van der Waals surface area contributed by atoms with Crippen molar-refractivity contribution in [2.75, 3.05) is 12.4 Å². The molecule has 2 saturated carbocycles. The van der Waals surface area contributed by atoms with Crippen LogP contribution >= 0.6 is 0 Å². The third-order valence-corrected chi connectivity index (χ3v) is 5.87. The van der Waals surface area contributed by atoms with Crippen LogP contribution in [0.1, 0.15) is 13.3 Å². The Balaban J connectivity index is 1.83. The number of rotatable bonds is 5. The number of benzene rings is 1. The van der Waals surface area contributed by atoms with Crippen molar-refractivity contribution in [3.8, 4) is 5.75 Å². The van der Waals surface area contributed by atoms with Crippen molar-refractivity contribution in [3.63, 3.8) is 0 Å². The number of carboxylic acids is 2. The molecule has 3 rings (SSSR count). The SMILES string of the molecule is COc1ccc(NC(=O)[C@H]2C[C@](N)(C(=O)O)[C@@]3(C)[C@@H]2[C@H]3C(=O)O)cc1. The Morgan fingerprint density at radius 1 is 1.24 bits per heavy atom. The lowest BCUT2D eigenvalue weighted by atomic mass is 9.80. The molecule has 8 heteroatoms. The highest BCUT2D eigenvalue weighted by Crippen LogP contribution is 2.73. The van der Waals surface area contributed by atoms with Crippen LogP contribution in [0, 0.1) is 23.2 Å². The molecule has 5 atom stereocenters. The lowest BCUT2D eigenvalue weighted by molar-refractivity contribution is -0.148. The summed E-state index contributed by atoms with van der Waals surface area (Å²) in [5, 5.41) is 21.6. The second-order valence-corrected chi connectivity index (χ2v) is 6.93. The van der Waals surface area contributed by atoms with Crippen LogP contribution in [0.15, 0.2) is 24.3 Å². The number of amides is 1. The number of nitrogens with two attached hydrogens (primary N) is 1. The largest absolute Gasteiger partial charge is 0.497 e. The smallest absolute Gasteiger partial charge is 0.324 e. The third-order valence-electron chi connectivity index (χ3n) is 5.87. The lowest BCUT2D eigenvalue weighted by Gasteiger charge is -2.29. The summed E-state index contributed by atoms with van der Waals surface area (Å²) in [5.74, 6) is -4.48. The molecule has 0 spiro atoms. The van der Waals surface area contributed by atoms with E-state index in [9.17, 15) is 24.6 Å². The van der Waals surface area contributed by atoms with Crippen molar-refractivity contribution >= 4 is 23.5 Å². The first-order chi connectivity index (χ1) is 11.7. The first-order valence-electron chi connectivity index (χ1n) is 7.87. The van der Waals surface area contributed by atoms with E-state index in [-0.39, 0.29) is 6.42 Å². The maximum Gasteiger partial charge on any atom is 0.324 e. The van der Waals surface area contributed by atoms with Crippen LogP contribution in [0.25, 0.3) is 0 Å². The molecule has 0 radical (unpaired) electrons. The molecule has 1 aromatic rings. The number of aliphatic carboxylic acids is 2. The van der Waals surface area contributed by atoms with Gasteiger partial charge in [-0.25, -0.2) is 0 Å². The van der Waals surface area contributed by atoms with E-state index in [1.165, 1.54) is 7.11 Å². The van der Waals surface area contributed by atoms with Crippen molar-refractivity contribution in [1.82, 2.24) is 0 Å². The molecule has 25 heavy (non-hydrogen) atoms. The quantitative estimate of drug-likeness (QED) is 0.616. The molecule has 8 nitrogen and oxygen atoms in total. The molecular weight excluding hydrogens is 328 g/mol. The summed E-state index contributed by atoms with van der Waals surface area (Å²) < 4.78 is 5.05. The van der Waals surface area contributed by atoms with E-state index in [1.54, 1.807) is 31.2 Å². The number of hydrogen-bond acceptors (Lipinski definition) is 5. The molecule has 2 aliphatic carbocycles. The Bertz CT molecular complexity index is 748.